The predicted molar refractivity (Wildman–Crippen MR) is 122 cm³/mol. The second-order valence-electron chi connectivity index (χ2n) is 7.12. The second-order valence-corrected chi connectivity index (χ2v) is 7.12. The number of amides is 5. The molecule has 0 saturated carbocycles. The van der Waals surface area contributed by atoms with Gasteiger partial charge in [0.25, 0.3) is 17.7 Å². The lowest BCUT2D eigenvalue weighted by Crippen LogP contribution is -2.57. The summed E-state index contributed by atoms with van der Waals surface area (Å²) < 4.78 is 5.30. The van der Waals surface area contributed by atoms with Crippen LogP contribution < -0.4 is 20.3 Å². The molecule has 1 fully saturated rings. The number of ether oxygens (including phenoxy) is 1. The maximum absolute atomic E-state index is 13.3. The van der Waals surface area contributed by atoms with Gasteiger partial charge in [-0.2, -0.15) is 0 Å². The third-order valence-electron chi connectivity index (χ3n) is 4.83. The number of para-hydroxylation sites is 2. The maximum atomic E-state index is 13.3. The molecule has 4 rings (SSSR count). The number of anilines is 2. The van der Waals surface area contributed by atoms with E-state index in [1.165, 1.54) is 6.08 Å². The number of carbonyl (C=O) groups is 4. The Morgan fingerprint density at radius 2 is 1.33 bits per heavy atom. The molecule has 3 aromatic carbocycles. The lowest BCUT2D eigenvalue weighted by atomic mass is 10.0. The van der Waals surface area contributed by atoms with Gasteiger partial charge in [-0.15, -0.1) is 0 Å². The average Bonchev–Trinajstić information content (AvgIpc) is 2.82. The largest absolute Gasteiger partial charge is 0.484 e. The van der Waals surface area contributed by atoms with Gasteiger partial charge in [0.2, 0.25) is 0 Å². The Bertz CT molecular complexity index is 1190. The summed E-state index contributed by atoms with van der Waals surface area (Å²) in [6, 6.07) is 22.5. The van der Waals surface area contributed by atoms with Crippen molar-refractivity contribution in [2.75, 3.05) is 16.4 Å². The molecular formula is C25H19N3O5. The fraction of sp³-hybridized carbons (Fsp3) is 0.0400. The Kier molecular flexibility index (Phi) is 5.99. The number of hydrogen-bond donors (Lipinski definition) is 1. The number of primary amides is 1. The van der Waals surface area contributed by atoms with Crippen LogP contribution in [0.2, 0.25) is 0 Å². The van der Waals surface area contributed by atoms with Crippen molar-refractivity contribution in [2.24, 2.45) is 5.73 Å². The zero-order valence-electron chi connectivity index (χ0n) is 17.4. The van der Waals surface area contributed by atoms with E-state index in [9.17, 15) is 19.2 Å². The number of carbonyl (C=O) groups excluding carboxylic acids is 4. The fourth-order valence-electron chi connectivity index (χ4n) is 3.35. The molecule has 0 aliphatic carbocycles. The lowest BCUT2D eigenvalue weighted by Gasteiger charge is -2.33. The van der Waals surface area contributed by atoms with E-state index in [1.54, 1.807) is 84.9 Å². The molecule has 1 heterocycles. The van der Waals surface area contributed by atoms with Crippen LogP contribution in [0.3, 0.4) is 0 Å². The smallest absolute Gasteiger partial charge is 0.343 e. The molecule has 1 saturated heterocycles. The summed E-state index contributed by atoms with van der Waals surface area (Å²) in [6.45, 7) is -0.310. The van der Waals surface area contributed by atoms with Crippen molar-refractivity contribution in [2.45, 2.75) is 0 Å². The minimum Gasteiger partial charge on any atom is -0.484 e. The topological polar surface area (TPSA) is 110 Å². The van der Waals surface area contributed by atoms with Crippen LogP contribution in [0.15, 0.2) is 90.5 Å². The van der Waals surface area contributed by atoms with Crippen LogP contribution in [0.1, 0.15) is 5.56 Å². The molecule has 33 heavy (non-hydrogen) atoms. The van der Waals surface area contributed by atoms with E-state index in [4.69, 9.17) is 10.5 Å². The minimum atomic E-state index is -0.766. The van der Waals surface area contributed by atoms with Gasteiger partial charge >= 0.3 is 6.03 Å². The van der Waals surface area contributed by atoms with Crippen molar-refractivity contribution < 1.29 is 23.9 Å². The minimum absolute atomic E-state index is 0.200. The van der Waals surface area contributed by atoms with Gasteiger partial charge in [-0.25, -0.2) is 14.6 Å². The van der Waals surface area contributed by atoms with Gasteiger partial charge in [-0.05, 0) is 48.0 Å². The van der Waals surface area contributed by atoms with E-state index in [-0.39, 0.29) is 12.2 Å². The molecule has 2 N–H and O–H groups in total. The predicted octanol–water partition coefficient (Wildman–Crippen LogP) is 3.13. The van der Waals surface area contributed by atoms with Crippen LogP contribution >= 0.6 is 0 Å². The molecule has 0 aromatic heterocycles. The van der Waals surface area contributed by atoms with Crippen LogP contribution in [0.25, 0.3) is 6.08 Å². The fourth-order valence-corrected chi connectivity index (χ4v) is 3.35. The van der Waals surface area contributed by atoms with Gasteiger partial charge in [0.05, 0.1) is 11.4 Å². The Hall–Kier alpha value is -4.72. The van der Waals surface area contributed by atoms with Crippen LogP contribution in [0, 0.1) is 0 Å². The summed E-state index contributed by atoms with van der Waals surface area (Å²) in [7, 11) is 0. The van der Waals surface area contributed by atoms with Crippen molar-refractivity contribution >= 4 is 41.2 Å². The number of imide groups is 2. The lowest BCUT2D eigenvalue weighted by molar-refractivity contribution is -0.121. The van der Waals surface area contributed by atoms with Gasteiger partial charge in [-0.3, -0.25) is 14.4 Å². The summed E-state index contributed by atoms with van der Waals surface area (Å²) in [5.74, 6) is -1.78. The Morgan fingerprint density at radius 1 is 0.788 bits per heavy atom. The summed E-state index contributed by atoms with van der Waals surface area (Å²) in [6.07, 6.45) is 1.39. The van der Waals surface area contributed by atoms with Gasteiger partial charge < -0.3 is 10.5 Å². The standard InChI is InChI=1S/C25H19N3O5/c26-22(29)16-33-20-13-7-8-17(14-20)15-21-23(30)27(18-9-3-1-4-10-18)25(32)28(24(21)31)19-11-5-2-6-12-19/h1-15H,16H2,(H2,26,29). The number of nitrogens with zero attached hydrogens (tertiary/aromatic N) is 2. The van der Waals surface area contributed by atoms with Gasteiger partial charge in [0.1, 0.15) is 11.3 Å². The first-order valence-corrected chi connectivity index (χ1v) is 10.0. The molecule has 0 atom stereocenters. The molecule has 0 spiro atoms. The molecule has 8 nitrogen and oxygen atoms in total. The Balaban J connectivity index is 1.79. The number of benzene rings is 3. The molecule has 1 aliphatic rings. The van der Waals surface area contributed by atoms with Crippen molar-refractivity contribution in [3.05, 3.63) is 96.1 Å². The van der Waals surface area contributed by atoms with Crippen LogP contribution in [0.5, 0.6) is 5.75 Å². The highest BCUT2D eigenvalue weighted by atomic mass is 16.5. The molecule has 0 unspecified atom stereocenters. The summed E-state index contributed by atoms with van der Waals surface area (Å²) in [5, 5.41) is 0. The zero-order valence-corrected chi connectivity index (χ0v) is 17.4. The highest BCUT2D eigenvalue weighted by molar-refractivity contribution is 6.46. The first kappa shape index (κ1) is 21.5. The van der Waals surface area contributed by atoms with E-state index < -0.39 is 23.8 Å². The van der Waals surface area contributed by atoms with E-state index >= 15 is 0 Å². The van der Waals surface area contributed by atoms with Crippen LogP contribution in [-0.2, 0) is 14.4 Å². The summed E-state index contributed by atoms with van der Waals surface area (Å²) >= 11 is 0. The van der Waals surface area contributed by atoms with Crippen LogP contribution in [-0.4, -0.2) is 30.4 Å². The van der Waals surface area contributed by atoms with Crippen molar-refractivity contribution in [1.29, 1.82) is 0 Å². The molecular weight excluding hydrogens is 422 g/mol. The SMILES string of the molecule is NC(=O)COc1cccc(C=C2C(=O)N(c3ccccc3)C(=O)N(c3ccccc3)C2=O)c1. The molecule has 8 heteroatoms. The van der Waals surface area contributed by atoms with Crippen molar-refractivity contribution in [3.63, 3.8) is 0 Å². The highest BCUT2D eigenvalue weighted by Crippen LogP contribution is 2.29. The first-order valence-electron chi connectivity index (χ1n) is 10.0. The van der Waals surface area contributed by atoms with Crippen molar-refractivity contribution in [1.82, 2.24) is 0 Å². The first-order chi connectivity index (χ1) is 16.0. The van der Waals surface area contributed by atoms with Gasteiger partial charge in [-0.1, -0.05) is 48.5 Å². The van der Waals surface area contributed by atoms with E-state index in [0.29, 0.717) is 22.7 Å². The van der Waals surface area contributed by atoms with Crippen molar-refractivity contribution in [3.8, 4) is 5.75 Å². The monoisotopic (exact) mass is 441 g/mol. The Labute approximate surface area is 189 Å². The van der Waals surface area contributed by atoms with E-state index in [0.717, 1.165) is 9.80 Å². The molecule has 0 bridgehead atoms. The zero-order chi connectivity index (χ0) is 23.4. The average molecular weight is 441 g/mol. The number of nitrogens with two attached hydrogens (primary N) is 1. The molecule has 164 valence electrons. The number of urea groups is 1. The number of barbiturate groups is 1. The number of rotatable bonds is 6. The Morgan fingerprint density at radius 3 is 1.85 bits per heavy atom. The summed E-state index contributed by atoms with van der Waals surface area (Å²) in [4.78, 5) is 52.8. The van der Waals surface area contributed by atoms with Gasteiger partial charge in [0, 0.05) is 0 Å². The highest BCUT2D eigenvalue weighted by Gasteiger charge is 2.43. The van der Waals surface area contributed by atoms with Crippen LogP contribution in [0.4, 0.5) is 16.2 Å². The van der Waals surface area contributed by atoms with E-state index in [1.807, 2.05) is 0 Å². The summed E-state index contributed by atoms with van der Waals surface area (Å²) in [5.41, 5.74) is 6.06. The normalized spacial score (nSPS) is 13.8. The molecule has 1 aliphatic heterocycles. The molecule has 0 radical (unpaired) electrons. The van der Waals surface area contributed by atoms with E-state index in [2.05, 4.69) is 0 Å². The second kappa shape index (κ2) is 9.19. The molecule has 3 aromatic rings. The van der Waals surface area contributed by atoms with Gasteiger partial charge in [0.15, 0.2) is 6.61 Å². The maximum Gasteiger partial charge on any atom is 0.343 e. The third kappa shape index (κ3) is 4.49. The quantitative estimate of drug-likeness (QED) is 0.467. The molecule has 5 amide bonds. The third-order valence-corrected chi connectivity index (χ3v) is 4.83. The number of hydrogen-bond acceptors (Lipinski definition) is 5.